The number of ether oxygens (including phenoxy) is 3. The fourth-order valence-corrected chi connectivity index (χ4v) is 4.15. The molecular weight excluding hydrogens is 434 g/mol. The Balaban J connectivity index is 1.95. The minimum absolute atomic E-state index is 0.344. The van der Waals surface area contributed by atoms with Gasteiger partial charge >= 0.3 is 12.1 Å². The van der Waals surface area contributed by atoms with E-state index in [1.165, 1.54) is 7.11 Å². The van der Waals surface area contributed by atoms with Gasteiger partial charge in [0.05, 0.1) is 12.7 Å². The highest BCUT2D eigenvalue weighted by atomic mass is 16.6. The number of hydrogen-bond donors (Lipinski definition) is 1. The van der Waals surface area contributed by atoms with Crippen molar-refractivity contribution in [2.45, 2.75) is 59.1 Å². The molecule has 0 atom stereocenters. The number of hydrogen-bond acceptors (Lipinski definition) is 7. The van der Waals surface area contributed by atoms with Crippen molar-refractivity contribution in [1.29, 1.82) is 0 Å². The van der Waals surface area contributed by atoms with Gasteiger partial charge in [0.2, 0.25) is 0 Å². The number of carbonyl (C=O) groups excluding carboxylic acids is 2. The van der Waals surface area contributed by atoms with Crippen LogP contribution in [0.15, 0.2) is 30.5 Å². The number of anilines is 2. The molecule has 1 aliphatic rings. The number of pyridine rings is 1. The second kappa shape index (κ2) is 10.9. The predicted molar refractivity (Wildman–Crippen MR) is 132 cm³/mol. The number of rotatable bonds is 6. The topological polar surface area (TPSA) is 90.0 Å². The first-order valence-electron chi connectivity index (χ1n) is 11.7. The highest BCUT2D eigenvalue weighted by Gasteiger charge is 2.25. The van der Waals surface area contributed by atoms with Gasteiger partial charge in [-0.05, 0) is 82.9 Å². The largest absolute Gasteiger partial charge is 0.465 e. The van der Waals surface area contributed by atoms with Crippen LogP contribution >= 0.6 is 0 Å². The van der Waals surface area contributed by atoms with E-state index in [4.69, 9.17) is 14.2 Å². The molecule has 1 fully saturated rings. The zero-order chi connectivity index (χ0) is 24.9. The number of nitrogens with zero attached hydrogens (tertiary/aromatic N) is 2. The van der Waals surface area contributed by atoms with Crippen LogP contribution in [0.1, 0.15) is 56.5 Å². The monoisotopic (exact) mass is 469 g/mol. The number of benzene rings is 1. The van der Waals surface area contributed by atoms with Crippen molar-refractivity contribution in [2.24, 2.45) is 0 Å². The number of aromatic nitrogens is 1. The quantitative estimate of drug-likeness (QED) is 0.582. The molecule has 0 radical (unpaired) electrons. The minimum atomic E-state index is -0.595. The van der Waals surface area contributed by atoms with Gasteiger partial charge in [-0.15, -0.1) is 0 Å². The summed E-state index contributed by atoms with van der Waals surface area (Å²) in [6.45, 7) is 11.8. The maximum Gasteiger partial charge on any atom is 0.413 e. The van der Waals surface area contributed by atoms with Crippen molar-refractivity contribution in [3.8, 4) is 11.1 Å². The smallest absolute Gasteiger partial charge is 0.413 e. The molecule has 1 saturated heterocycles. The number of carbonyl (C=O) groups is 2. The number of methoxy groups -OCH3 is 1. The standard InChI is InChI=1S/C26H35N3O5/c1-7-29(20-10-12-33-13-11-20)22-15-19(14-21(17(22)2)24(30)32-6)18-8-9-23(27-16-18)28-25(31)34-26(3,4)5/h8-9,14-16,20H,7,10-13H2,1-6H3,(H,27,28,31). The molecule has 2 aromatic rings. The van der Waals surface area contributed by atoms with E-state index in [9.17, 15) is 9.59 Å². The van der Waals surface area contributed by atoms with Crippen molar-refractivity contribution in [3.63, 3.8) is 0 Å². The third-order valence-corrected chi connectivity index (χ3v) is 5.79. The molecule has 0 spiro atoms. The van der Waals surface area contributed by atoms with Gasteiger partial charge in [-0.3, -0.25) is 5.32 Å². The molecule has 184 valence electrons. The molecule has 2 heterocycles. The van der Waals surface area contributed by atoms with Crippen molar-refractivity contribution in [3.05, 3.63) is 41.6 Å². The van der Waals surface area contributed by atoms with E-state index in [0.29, 0.717) is 17.4 Å². The molecule has 8 heteroatoms. The normalized spacial score (nSPS) is 14.4. The third-order valence-electron chi connectivity index (χ3n) is 5.79. The zero-order valence-corrected chi connectivity index (χ0v) is 20.9. The maximum atomic E-state index is 12.6. The average Bonchev–Trinajstić information content (AvgIpc) is 2.80. The molecule has 1 aliphatic heterocycles. The first-order chi connectivity index (χ1) is 16.1. The Labute approximate surface area is 201 Å². The second-order valence-electron chi connectivity index (χ2n) is 9.35. The number of nitrogens with one attached hydrogen (secondary N) is 1. The van der Waals surface area contributed by atoms with E-state index in [-0.39, 0.29) is 5.97 Å². The van der Waals surface area contributed by atoms with Crippen molar-refractivity contribution in [1.82, 2.24) is 4.98 Å². The molecule has 1 amide bonds. The Hall–Kier alpha value is -3.13. The number of esters is 1. The van der Waals surface area contributed by atoms with E-state index in [2.05, 4.69) is 28.2 Å². The Kier molecular flexibility index (Phi) is 8.15. The van der Waals surface area contributed by atoms with Crippen LogP contribution in [0.5, 0.6) is 0 Å². The molecule has 8 nitrogen and oxygen atoms in total. The average molecular weight is 470 g/mol. The van der Waals surface area contributed by atoms with Gasteiger partial charge in [0, 0.05) is 43.2 Å². The van der Waals surface area contributed by atoms with Gasteiger partial charge in [-0.2, -0.15) is 0 Å². The van der Waals surface area contributed by atoms with Crippen LogP contribution in [0.3, 0.4) is 0 Å². The molecule has 0 aliphatic carbocycles. The van der Waals surface area contributed by atoms with Gasteiger partial charge in [0.1, 0.15) is 11.4 Å². The van der Waals surface area contributed by atoms with E-state index in [0.717, 1.165) is 55.0 Å². The third kappa shape index (κ3) is 6.26. The van der Waals surface area contributed by atoms with Crippen molar-refractivity contribution in [2.75, 3.05) is 37.1 Å². The molecular formula is C26H35N3O5. The van der Waals surface area contributed by atoms with Crippen molar-refractivity contribution >= 4 is 23.6 Å². The maximum absolute atomic E-state index is 12.6. The zero-order valence-electron chi connectivity index (χ0n) is 20.9. The van der Waals surface area contributed by atoms with Crippen LogP contribution in [0.4, 0.5) is 16.3 Å². The molecule has 1 N–H and O–H groups in total. The first-order valence-corrected chi connectivity index (χ1v) is 11.7. The summed E-state index contributed by atoms with van der Waals surface area (Å²) in [5, 5.41) is 2.64. The van der Waals surface area contributed by atoms with E-state index >= 15 is 0 Å². The van der Waals surface area contributed by atoms with Crippen LogP contribution < -0.4 is 10.2 Å². The SMILES string of the molecule is CCN(c1cc(-c2ccc(NC(=O)OC(C)(C)C)nc2)cc(C(=O)OC)c1C)C1CCOCC1. The molecule has 0 saturated carbocycles. The summed E-state index contributed by atoms with van der Waals surface area (Å²) in [5.41, 5.74) is 3.49. The van der Waals surface area contributed by atoms with Crippen LogP contribution in [0, 0.1) is 6.92 Å². The lowest BCUT2D eigenvalue weighted by atomic mass is 9.96. The van der Waals surface area contributed by atoms with Crippen LogP contribution in [0.2, 0.25) is 0 Å². The Morgan fingerprint density at radius 2 is 1.88 bits per heavy atom. The van der Waals surface area contributed by atoms with E-state index in [1.54, 1.807) is 33.0 Å². The molecule has 3 rings (SSSR count). The van der Waals surface area contributed by atoms with Crippen molar-refractivity contribution < 1.29 is 23.8 Å². The van der Waals surface area contributed by atoms with Gasteiger partial charge in [-0.1, -0.05) is 0 Å². The van der Waals surface area contributed by atoms with Crippen LogP contribution in [-0.4, -0.2) is 55.6 Å². The Morgan fingerprint density at radius 1 is 1.18 bits per heavy atom. The number of amides is 1. The summed E-state index contributed by atoms with van der Waals surface area (Å²) in [5.74, 6) is 0.00993. The first kappa shape index (κ1) is 25.5. The lowest BCUT2D eigenvalue weighted by Gasteiger charge is -2.36. The van der Waals surface area contributed by atoms with E-state index < -0.39 is 11.7 Å². The fourth-order valence-electron chi connectivity index (χ4n) is 4.15. The Morgan fingerprint density at radius 3 is 2.44 bits per heavy atom. The van der Waals surface area contributed by atoms with E-state index in [1.807, 2.05) is 19.1 Å². The van der Waals surface area contributed by atoms with Gasteiger partial charge in [-0.25, -0.2) is 14.6 Å². The summed E-state index contributed by atoms with van der Waals surface area (Å²) in [6.07, 6.45) is 3.00. The van der Waals surface area contributed by atoms with Gasteiger partial charge in [0.25, 0.3) is 0 Å². The second-order valence-corrected chi connectivity index (χ2v) is 9.35. The predicted octanol–water partition coefficient (Wildman–Crippen LogP) is 5.20. The molecule has 1 aromatic carbocycles. The summed E-state index contributed by atoms with van der Waals surface area (Å²) >= 11 is 0. The Bertz CT molecular complexity index is 1010. The fraction of sp³-hybridized carbons (Fsp3) is 0.500. The highest BCUT2D eigenvalue weighted by molar-refractivity contribution is 5.95. The van der Waals surface area contributed by atoms with Crippen LogP contribution in [-0.2, 0) is 14.2 Å². The molecule has 0 bridgehead atoms. The lowest BCUT2D eigenvalue weighted by Crippen LogP contribution is -2.40. The summed E-state index contributed by atoms with van der Waals surface area (Å²) in [6, 6.07) is 7.85. The lowest BCUT2D eigenvalue weighted by molar-refractivity contribution is 0.0597. The summed E-state index contributed by atoms with van der Waals surface area (Å²) in [7, 11) is 1.39. The molecule has 34 heavy (non-hydrogen) atoms. The van der Waals surface area contributed by atoms with Crippen LogP contribution in [0.25, 0.3) is 11.1 Å². The minimum Gasteiger partial charge on any atom is -0.465 e. The van der Waals surface area contributed by atoms with Gasteiger partial charge in [0.15, 0.2) is 0 Å². The van der Waals surface area contributed by atoms with Gasteiger partial charge < -0.3 is 19.1 Å². The summed E-state index contributed by atoms with van der Waals surface area (Å²) < 4.78 is 15.9. The molecule has 1 aromatic heterocycles. The molecule has 0 unspecified atom stereocenters. The summed E-state index contributed by atoms with van der Waals surface area (Å²) in [4.78, 5) is 31.4. The highest BCUT2D eigenvalue weighted by Crippen LogP contribution is 2.34.